The van der Waals surface area contributed by atoms with Crippen LogP contribution in [0.15, 0.2) is 24.3 Å². The Labute approximate surface area is 109 Å². The van der Waals surface area contributed by atoms with Gasteiger partial charge >= 0.3 is 0 Å². The summed E-state index contributed by atoms with van der Waals surface area (Å²) in [7, 11) is 0. The lowest BCUT2D eigenvalue weighted by Gasteiger charge is -2.07. The first-order valence-corrected chi connectivity index (χ1v) is 5.85. The van der Waals surface area contributed by atoms with Crippen molar-refractivity contribution in [3.05, 3.63) is 45.3 Å². The molecule has 0 radical (unpaired) electrons. The molecule has 0 bridgehead atoms. The highest BCUT2D eigenvalue weighted by atomic mass is 35.5. The SMILES string of the molecule is Cc1n[nH]c(=S)nc1NCc1ccc(Cl)cc1. The third kappa shape index (κ3) is 3.25. The standard InChI is InChI=1S/C11H11ClN4S/c1-7-10(14-11(17)16-15-7)13-6-8-2-4-9(12)5-3-8/h2-5H,6H2,1H3,(H2,13,14,16,17). The number of aromatic nitrogens is 3. The Morgan fingerprint density at radius 1 is 1.35 bits per heavy atom. The van der Waals surface area contributed by atoms with Gasteiger partial charge in [-0.2, -0.15) is 10.1 Å². The number of nitrogens with zero attached hydrogens (tertiary/aromatic N) is 2. The molecule has 0 amide bonds. The van der Waals surface area contributed by atoms with Crippen LogP contribution in [0, 0.1) is 11.7 Å². The van der Waals surface area contributed by atoms with Crippen LogP contribution in [0.4, 0.5) is 5.82 Å². The highest BCUT2D eigenvalue weighted by Gasteiger charge is 2.00. The highest BCUT2D eigenvalue weighted by Crippen LogP contribution is 2.12. The molecule has 1 aromatic carbocycles. The normalized spacial score (nSPS) is 10.2. The maximum absolute atomic E-state index is 5.81. The van der Waals surface area contributed by atoms with E-state index in [1.807, 2.05) is 31.2 Å². The van der Waals surface area contributed by atoms with Gasteiger partial charge in [-0.05, 0) is 36.8 Å². The first kappa shape index (κ1) is 12.0. The summed E-state index contributed by atoms with van der Waals surface area (Å²) in [6.07, 6.45) is 0. The van der Waals surface area contributed by atoms with E-state index in [2.05, 4.69) is 20.5 Å². The van der Waals surface area contributed by atoms with Crippen molar-refractivity contribution >= 4 is 29.6 Å². The number of aryl methyl sites for hydroxylation is 1. The van der Waals surface area contributed by atoms with Gasteiger partial charge in [-0.1, -0.05) is 23.7 Å². The Balaban J connectivity index is 2.09. The van der Waals surface area contributed by atoms with E-state index < -0.39 is 0 Å². The Morgan fingerprint density at radius 2 is 2.06 bits per heavy atom. The second kappa shape index (κ2) is 5.25. The number of benzene rings is 1. The van der Waals surface area contributed by atoms with Crippen LogP contribution in [-0.4, -0.2) is 15.2 Å². The summed E-state index contributed by atoms with van der Waals surface area (Å²) >= 11 is 10.7. The van der Waals surface area contributed by atoms with Crippen LogP contribution in [0.2, 0.25) is 5.02 Å². The third-order valence-corrected chi connectivity index (χ3v) is 2.68. The fraction of sp³-hybridized carbons (Fsp3) is 0.182. The van der Waals surface area contributed by atoms with E-state index in [0.717, 1.165) is 16.3 Å². The first-order chi connectivity index (χ1) is 8.15. The van der Waals surface area contributed by atoms with Gasteiger partial charge in [0.2, 0.25) is 4.77 Å². The number of H-pyrrole nitrogens is 1. The molecule has 1 heterocycles. The molecule has 4 nitrogen and oxygen atoms in total. The minimum Gasteiger partial charge on any atom is -0.364 e. The van der Waals surface area contributed by atoms with Crippen molar-refractivity contribution in [1.29, 1.82) is 0 Å². The molecule has 2 rings (SSSR count). The molecule has 0 unspecified atom stereocenters. The molecule has 1 aromatic heterocycles. The smallest absolute Gasteiger partial charge is 0.215 e. The summed E-state index contributed by atoms with van der Waals surface area (Å²) in [6.45, 7) is 2.52. The quantitative estimate of drug-likeness (QED) is 0.838. The molecule has 0 spiro atoms. The van der Waals surface area contributed by atoms with Gasteiger partial charge in [0.15, 0.2) is 5.82 Å². The van der Waals surface area contributed by atoms with E-state index in [1.165, 1.54) is 0 Å². The van der Waals surface area contributed by atoms with Crippen LogP contribution < -0.4 is 5.32 Å². The lowest BCUT2D eigenvalue weighted by atomic mass is 10.2. The summed E-state index contributed by atoms with van der Waals surface area (Å²) in [6, 6.07) is 7.63. The molecule has 88 valence electrons. The minimum absolute atomic E-state index is 0.370. The molecule has 2 N–H and O–H groups in total. The second-order valence-corrected chi connectivity index (χ2v) is 4.38. The van der Waals surface area contributed by atoms with Crippen LogP contribution in [0.5, 0.6) is 0 Å². The van der Waals surface area contributed by atoms with Gasteiger partial charge in [0.05, 0.1) is 5.69 Å². The predicted molar refractivity (Wildman–Crippen MR) is 70.7 cm³/mol. The van der Waals surface area contributed by atoms with E-state index in [9.17, 15) is 0 Å². The number of anilines is 1. The Hall–Kier alpha value is -1.46. The van der Waals surface area contributed by atoms with E-state index in [1.54, 1.807) is 0 Å². The van der Waals surface area contributed by atoms with Crippen molar-refractivity contribution in [2.75, 3.05) is 5.32 Å². The Bertz CT molecular complexity index is 564. The van der Waals surface area contributed by atoms with Crippen molar-refractivity contribution in [3.8, 4) is 0 Å². The summed E-state index contributed by atoms with van der Waals surface area (Å²) in [5, 5.41) is 10.6. The number of aromatic amines is 1. The molecule has 17 heavy (non-hydrogen) atoms. The van der Waals surface area contributed by atoms with Crippen LogP contribution in [0.3, 0.4) is 0 Å². The Morgan fingerprint density at radius 3 is 2.76 bits per heavy atom. The van der Waals surface area contributed by atoms with Crippen LogP contribution in [-0.2, 0) is 6.54 Å². The van der Waals surface area contributed by atoms with Gasteiger partial charge in [0, 0.05) is 11.6 Å². The number of hydrogen-bond acceptors (Lipinski definition) is 4. The zero-order valence-corrected chi connectivity index (χ0v) is 10.8. The Kier molecular flexibility index (Phi) is 3.71. The summed E-state index contributed by atoms with van der Waals surface area (Å²) in [4.78, 5) is 4.16. The van der Waals surface area contributed by atoms with Crippen molar-refractivity contribution in [1.82, 2.24) is 15.2 Å². The molecule has 0 fully saturated rings. The van der Waals surface area contributed by atoms with Crippen LogP contribution >= 0.6 is 23.8 Å². The first-order valence-electron chi connectivity index (χ1n) is 5.07. The van der Waals surface area contributed by atoms with Crippen molar-refractivity contribution in [2.24, 2.45) is 0 Å². The minimum atomic E-state index is 0.370. The number of nitrogens with one attached hydrogen (secondary N) is 2. The van der Waals surface area contributed by atoms with Gasteiger partial charge < -0.3 is 5.32 Å². The van der Waals surface area contributed by atoms with E-state index in [4.69, 9.17) is 23.8 Å². The summed E-state index contributed by atoms with van der Waals surface area (Å²) in [5.74, 6) is 0.698. The average molecular weight is 267 g/mol. The number of halogens is 1. The average Bonchev–Trinajstić information content (AvgIpc) is 2.32. The predicted octanol–water partition coefficient (Wildman–Crippen LogP) is 3.11. The van der Waals surface area contributed by atoms with E-state index in [0.29, 0.717) is 17.1 Å². The van der Waals surface area contributed by atoms with Crippen molar-refractivity contribution in [2.45, 2.75) is 13.5 Å². The second-order valence-electron chi connectivity index (χ2n) is 3.55. The van der Waals surface area contributed by atoms with Gasteiger partial charge in [-0.25, -0.2) is 0 Å². The molecule has 2 aromatic rings. The molecule has 0 saturated carbocycles. The molecule has 0 atom stereocenters. The van der Waals surface area contributed by atoms with Gasteiger partial charge in [0.25, 0.3) is 0 Å². The molecule has 6 heteroatoms. The zero-order chi connectivity index (χ0) is 12.3. The monoisotopic (exact) mass is 266 g/mol. The molecule has 0 aliphatic heterocycles. The van der Waals surface area contributed by atoms with Gasteiger partial charge in [-0.15, -0.1) is 0 Å². The van der Waals surface area contributed by atoms with Crippen LogP contribution in [0.25, 0.3) is 0 Å². The third-order valence-electron chi connectivity index (χ3n) is 2.25. The van der Waals surface area contributed by atoms with Crippen molar-refractivity contribution in [3.63, 3.8) is 0 Å². The molecule has 0 aliphatic rings. The molecule has 0 saturated heterocycles. The van der Waals surface area contributed by atoms with Crippen LogP contribution in [0.1, 0.15) is 11.3 Å². The highest BCUT2D eigenvalue weighted by molar-refractivity contribution is 7.71. The van der Waals surface area contributed by atoms with Crippen molar-refractivity contribution < 1.29 is 0 Å². The van der Waals surface area contributed by atoms with Gasteiger partial charge in [-0.3, -0.25) is 5.10 Å². The maximum atomic E-state index is 5.81. The number of rotatable bonds is 3. The van der Waals surface area contributed by atoms with Gasteiger partial charge in [0.1, 0.15) is 0 Å². The maximum Gasteiger partial charge on any atom is 0.215 e. The topological polar surface area (TPSA) is 53.6 Å². The lowest BCUT2D eigenvalue weighted by molar-refractivity contribution is 0.901. The lowest BCUT2D eigenvalue weighted by Crippen LogP contribution is -2.05. The number of hydrogen-bond donors (Lipinski definition) is 2. The summed E-state index contributed by atoms with van der Waals surface area (Å²) < 4.78 is 0.370. The fourth-order valence-electron chi connectivity index (χ4n) is 1.35. The molecule has 0 aliphatic carbocycles. The van der Waals surface area contributed by atoms with E-state index >= 15 is 0 Å². The molecular formula is C11H11ClN4S. The van der Waals surface area contributed by atoms with E-state index in [-0.39, 0.29) is 0 Å². The summed E-state index contributed by atoms with van der Waals surface area (Å²) in [5.41, 5.74) is 1.90. The fourth-order valence-corrected chi connectivity index (χ4v) is 1.61. The molecular weight excluding hydrogens is 256 g/mol. The largest absolute Gasteiger partial charge is 0.364 e. The zero-order valence-electron chi connectivity index (χ0n) is 9.20.